The zero-order valence-corrected chi connectivity index (χ0v) is 54.8. The molecule has 0 rings (SSSR count). The SMILES string of the molecule is CCCCCCC/C=C\C/C=C\C/C=C\CCCCCCCCCCCCCCCCC(=O)OCC(COC(=O)CCCCCCCCCCCCCCCC)OC(=O)CCCCCCCCCCCCCCCCCCCCCC. The largest absolute Gasteiger partial charge is 0.462 e. The molecule has 6 heteroatoms. The number of carbonyl (C=O) groups excluding carboxylic acids is 3. The van der Waals surface area contributed by atoms with Crippen molar-refractivity contribution in [2.24, 2.45) is 0 Å². The maximum atomic E-state index is 13.0. The number of rotatable bonds is 68. The molecule has 0 aliphatic carbocycles. The lowest BCUT2D eigenvalue weighted by molar-refractivity contribution is -0.167. The van der Waals surface area contributed by atoms with Gasteiger partial charge in [-0.2, -0.15) is 0 Å². The molecular weight excluding hydrogens is 997 g/mol. The van der Waals surface area contributed by atoms with Gasteiger partial charge in [0.2, 0.25) is 0 Å². The maximum Gasteiger partial charge on any atom is 0.306 e. The van der Waals surface area contributed by atoms with Crippen molar-refractivity contribution in [1.29, 1.82) is 0 Å². The summed E-state index contributed by atoms with van der Waals surface area (Å²) in [6.45, 7) is 6.71. The highest BCUT2D eigenvalue weighted by atomic mass is 16.6. The second-order valence-corrected chi connectivity index (χ2v) is 24.9. The Morgan fingerprint density at radius 1 is 0.247 bits per heavy atom. The van der Waals surface area contributed by atoms with E-state index in [0.29, 0.717) is 19.3 Å². The van der Waals surface area contributed by atoms with E-state index in [4.69, 9.17) is 14.2 Å². The number of carbonyl (C=O) groups is 3. The number of allylic oxidation sites excluding steroid dienone is 6. The van der Waals surface area contributed by atoms with Gasteiger partial charge in [-0.1, -0.05) is 365 Å². The highest BCUT2D eigenvalue weighted by Gasteiger charge is 2.19. The number of ether oxygens (including phenoxy) is 3. The Morgan fingerprint density at radius 3 is 0.691 bits per heavy atom. The molecule has 0 radical (unpaired) electrons. The fourth-order valence-electron chi connectivity index (χ4n) is 11.2. The van der Waals surface area contributed by atoms with Gasteiger partial charge in [0, 0.05) is 19.3 Å². The third kappa shape index (κ3) is 68.3. The van der Waals surface area contributed by atoms with Gasteiger partial charge in [0.1, 0.15) is 13.2 Å². The average molecular weight is 1140 g/mol. The van der Waals surface area contributed by atoms with Gasteiger partial charge in [-0.05, 0) is 57.8 Å². The van der Waals surface area contributed by atoms with Crippen molar-refractivity contribution in [2.75, 3.05) is 13.2 Å². The first-order valence-electron chi connectivity index (χ1n) is 36.5. The van der Waals surface area contributed by atoms with Crippen molar-refractivity contribution >= 4 is 17.9 Å². The molecule has 0 aliphatic rings. The van der Waals surface area contributed by atoms with Gasteiger partial charge in [-0.15, -0.1) is 0 Å². The van der Waals surface area contributed by atoms with Crippen LogP contribution in [0.4, 0.5) is 0 Å². The van der Waals surface area contributed by atoms with Crippen LogP contribution in [0.5, 0.6) is 0 Å². The molecule has 0 bridgehead atoms. The lowest BCUT2D eigenvalue weighted by Gasteiger charge is -2.18. The standard InChI is InChI=1S/C75H140O6/c1-4-7-10-13-16-19-22-25-28-30-32-34-35-36-37-38-39-40-41-42-44-45-47-50-53-56-59-62-65-68-74(77)80-71-72(70-79-73(76)67-64-61-58-55-52-49-27-24-21-18-15-12-9-6-3)81-75(78)69-66-63-60-57-54-51-48-46-43-33-31-29-26-23-20-17-14-11-8-5-2/h22,25,30,32,35-36,72H,4-21,23-24,26-29,31,33-34,37-71H2,1-3H3/b25-22-,32-30-,36-35-. The van der Waals surface area contributed by atoms with E-state index in [1.807, 2.05) is 0 Å². The van der Waals surface area contributed by atoms with Crippen LogP contribution >= 0.6 is 0 Å². The predicted octanol–water partition coefficient (Wildman–Crippen LogP) is 25.1. The predicted molar refractivity (Wildman–Crippen MR) is 353 cm³/mol. The fourth-order valence-corrected chi connectivity index (χ4v) is 11.2. The number of hydrogen-bond donors (Lipinski definition) is 0. The Balaban J connectivity index is 4.21. The zero-order chi connectivity index (χ0) is 58.5. The van der Waals surface area contributed by atoms with Crippen LogP contribution in [0.2, 0.25) is 0 Å². The first-order valence-corrected chi connectivity index (χ1v) is 36.5. The van der Waals surface area contributed by atoms with Crippen LogP contribution in [0.15, 0.2) is 36.5 Å². The monoisotopic (exact) mass is 1140 g/mol. The van der Waals surface area contributed by atoms with E-state index in [1.165, 1.54) is 295 Å². The van der Waals surface area contributed by atoms with Gasteiger partial charge in [-0.3, -0.25) is 14.4 Å². The molecule has 81 heavy (non-hydrogen) atoms. The topological polar surface area (TPSA) is 78.9 Å². The molecule has 0 fully saturated rings. The molecule has 0 aromatic carbocycles. The van der Waals surface area contributed by atoms with Gasteiger partial charge in [0.25, 0.3) is 0 Å². The van der Waals surface area contributed by atoms with Crippen LogP contribution in [-0.2, 0) is 28.6 Å². The first kappa shape index (κ1) is 78.6. The summed E-state index contributed by atoms with van der Waals surface area (Å²) >= 11 is 0. The minimum Gasteiger partial charge on any atom is -0.462 e. The summed E-state index contributed by atoms with van der Waals surface area (Å²) in [5.74, 6) is -0.832. The minimum atomic E-state index is -0.769. The van der Waals surface area contributed by atoms with Crippen LogP contribution in [0.1, 0.15) is 406 Å². The van der Waals surface area contributed by atoms with Crippen LogP contribution in [0.3, 0.4) is 0 Å². The molecule has 1 unspecified atom stereocenters. The van der Waals surface area contributed by atoms with Gasteiger partial charge in [0.05, 0.1) is 0 Å². The van der Waals surface area contributed by atoms with Crippen molar-refractivity contribution in [3.63, 3.8) is 0 Å². The molecule has 1 atom stereocenters. The van der Waals surface area contributed by atoms with Crippen LogP contribution in [0.25, 0.3) is 0 Å². The van der Waals surface area contributed by atoms with Crippen molar-refractivity contribution in [2.45, 2.75) is 412 Å². The molecule has 0 saturated heterocycles. The molecular formula is C75H140O6. The van der Waals surface area contributed by atoms with Crippen molar-refractivity contribution in [3.8, 4) is 0 Å². The van der Waals surface area contributed by atoms with Crippen LogP contribution in [-0.4, -0.2) is 37.2 Å². The van der Waals surface area contributed by atoms with Gasteiger partial charge < -0.3 is 14.2 Å². The lowest BCUT2D eigenvalue weighted by Crippen LogP contribution is -2.30. The van der Waals surface area contributed by atoms with E-state index < -0.39 is 6.10 Å². The second kappa shape index (κ2) is 70.1. The summed E-state index contributed by atoms with van der Waals surface area (Å²) in [4.78, 5) is 38.5. The van der Waals surface area contributed by atoms with E-state index in [2.05, 4.69) is 57.2 Å². The molecule has 0 N–H and O–H groups in total. The van der Waals surface area contributed by atoms with E-state index in [1.54, 1.807) is 0 Å². The van der Waals surface area contributed by atoms with Gasteiger partial charge >= 0.3 is 17.9 Å². The van der Waals surface area contributed by atoms with E-state index in [9.17, 15) is 14.4 Å². The third-order valence-electron chi connectivity index (χ3n) is 16.6. The second-order valence-electron chi connectivity index (χ2n) is 24.9. The fraction of sp³-hybridized carbons (Fsp3) is 0.880. The molecule has 0 aromatic rings. The minimum absolute atomic E-state index is 0.0649. The summed E-state index contributed by atoms with van der Waals surface area (Å²) in [5, 5.41) is 0. The maximum absolute atomic E-state index is 13.0. The van der Waals surface area contributed by atoms with E-state index in [-0.39, 0.29) is 31.1 Å². The third-order valence-corrected chi connectivity index (χ3v) is 16.6. The van der Waals surface area contributed by atoms with E-state index >= 15 is 0 Å². The number of hydrogen-bond acceptors (Lipinski definition) is 6. The molecule has 0 spiro atoms. The summed E-state index contributed by atoms with van der Waals surface area (Å²) in [5.41, 5.74) is 0. The smallest absolute Gasteiger partial charge is 0.306 e. The molecule has 0 saturated carbocycles. The quantitative estimate of drug-likeness (QED) is 0.0261. The molecule has 0 aromatic heterocycles. The Labute approximate surface area is 506 Å². The van der Waals surface area contributed by atoms with Crippen LogP contribution in [0, 0.1) is 0 Å². The van der Waals surface area contributed by atoms with Gasteiger partial charge in [0.15, 0.2) is 6.10 Å². The molecule has 0 amide bonds. The highest BCUT2D eigenvalue weighted by molar-refractivity contribution is 5.71. The summed E-state index contributed by atoms with van der Waals surface area (Å²) < 4.78 is 17.0. The molecule has 6 nitrogen and oxygen atoms in total. The van der Waals surface area contributed by atoms with Crippen molar-refractivity contribution in [3.05, 3.63) is 36.5 Å². The Morgan fingerprint density at radius 2 is 0.444 bits per heavy atom. The Kier molecular flexibility index (Phi) is 68.1. The summed E-state index contributed by atoms with van der Waals surface area (Å²) in [6.07, 6.45) is 87.5. The normalized spacial score (nSPS) is 12.2. The highest BCUT2D eigenvalue weighted by Crippen LogP contribution is 2.19. The number of esters is 3. The Bertz CT molecular complexity index is 1350. The summed E-state index contributed by atoms with van der Waals surface area (Å²) in [6, 6.07) is 0. The summed E-state index contributed by atoms with van der Waals surface area (Å²) in [7, 11) is 0. The van der Waals surface area contributed by atoms with Crippen molar-refractivity contribution < 1.29 is 28.6 Å². The average Bonchev–Trinajstić information content (AvgIpc) is 3.47. The van der Waals surface area contributed by atoms with Crippen molar-refractivity contribution in [1.82, 2.24) is 0 Å². The van der Waals surface area contributed by atoms with Crippen LogP contribution < -0.4 is 0 Å². The molecule has 476 valence electrons. The lowest BCUT2D eigenvalue weighted by atomic mass is 10.0. The number of unbranched alkanes of at least 4 members (excludes halogenated alkanes) is 51. The first-order chi connectivity index (χ1) is 40.0. The molecule has 0 heterocycles. The Hall–Kier alpha value is -2.37. The zero-order valence-electron chi connectivity index (χ0n) is 54.8. The van der Waals surface area contributed by atoms with Gasteiger partial charge in [-0.25, -0.2) is 0 Å². The van der Waals surface area contributed by atoms with E-state index in [0.717, 1.165) is 70.6 Å². The molecule has 0 aliphatic heterocycles.